The van der Waals surface area contributed by atoms with Crippen LogP contribution < -0.4 is 9.68 Å². The van der Waals surface area contributed by atoms with Crippen molar-refractivity contribution in [3.8, 4) is 5.75 Å². The monoisotopic (exact) mass is 226 g/mol. The number of fused-ring (bicyclic) bond motifs is 1. The van der Waals surface area contributed by atoms with Crippen LogP contribution in [0.4, 0.5) is 0 Å². The molecule has 1 aromatic heterocycles. The molecule has 2 rings (SSSR count). The quantitative estimate of drug-likeness (QED) is 0.849. The molecule has 0 saturated heterocycles. The van der Waals surface area contributed by atoms with Gasteiger partial charge in [0, 0.05) is 11.6 Å². The number of hydrogen-bond donors (Lipinski definition) is 1. The summed E-state index contributed by atoms with van der Waals surface area (Å²) in [6, 6.07) is 3.34. The van der Waals surface area contributed by atoms with E-state index in [-0.39, 0.29) is 4.94 Å². The lowest BCUT2D eigenvalue weighted by molar-refractivity contribution is 0.194. The van der Waals surface area contributed by atoms with E-state index in [4.69, 9.17) is 9.15 Å². The highest BCUT2D eigenvalue weighted by molar-refractivity contribution is 7.16. The summed E-state index contributed by atoms with van der Waals surface area (Å²) in [5.41, 5.74) is 1.10. The Morgan fingerprint density at radius 3 is 2.87 bits per heavy atom. The number of aliphatic hydroxyl groups is 1. The van der Waals surface area contributed by atoms with Crippen molar-refractivity contribution in [3.05, 3.63) is 27.4 Å². The summed E-state index contributed by atoms with van der Waals surface area (Å²) in [6.07, 6.45) is -0.658. The molecule has 2 aromatic rings. The number of rotatable bonds is 2. The first-order valence-corrected chi connectivity index (χ1v) is 5.23. The van der Waals surface area contributed by atoms with Crippen molar-refractivity contribution in [1.29, 1.82) is 0 Å². The minimum atomic E-state index is -0.658. The third-order valence-corrected chi connectivity index (χ3v) is 2.92. The summed E-state index contributed by atoms with van der Waals surface area (Å²) in [7, 11) is 1.52. The highest BCUT2D eigenvalue weighted by Gasteiger charge is 2.13. The first-order chi connectivity index (χ1) is 7.11. The summed E-state index contributed by atoms with van der Waals surface area (Å²) in [4.78, 5) is 10.7. The van der Waals surface area contributed by atoms with Gasteiger partial charge in [-0.3, -0.25) is 0 Å². The molecule has 0 bridgehead atoms. The van der Waals surface area contributed by atoms with Gasteiger partial charge in [0.05, 0.1) is 17.9 Å². The molecule has 0 amide bonds. The van der Waals surface area contributed by atoms with Crippen LogP contribution in [0.15, 0.2) is 21.3 Å². The van der Waals surface area contributed by atoms with Crippen LogP contribution in [0.1, 0.15) is 18.6 Å². The lowest BCUT2D eigenvalue weighted by Gasteiger charge is -2.09. The first-order valence-electron chi connectivity index (χ1n) is 4.41. The zero-order chi connectivity index (χ0) is 11.0. The number of aliphatic hydroxyl groups excluding tert-OH is 1. The molecule has 0 radical (unpaired) electrons. The Labute approximate surface area is 89.7 Å². The fraction of sp³-hybridized carbons (Fsp3) is 0.300. The van der Waals surface area contributed by atoms with Gasteiger partial charge in [0.15, 0.2) is 0 Å². The van der Waals surface area contributed by atoms with Crippen molar-refractivity contribution in [2.45, 2.75) is 13.0 Å². The van der Waals surface area contributed by atoms with Gasteiger partial charge in [-0.25, -0.2) is 4.79 Å². The molecule has 0 fully saturated rings. The second-order valence-corrected chi connectivity index (χ2v) is 4.15. The van der Waals surface area contributed by atoms with Gasteiger partial charge in [0.2, 0.25) is 0 Å². The van der Waals surface area contributed by atoms with Gasteiger partial charge in [-0.2, -0.15) is 0 Å². The molecular formula is C10H10O4S. The van der Waals surface area contributed by atoms with Gasteiger partial charge in [0.1, 0.15) is 11.3 Å². The first kappa shape index (κ1) is 10.2. The Hall–Kier alpha value is -1.33. The molecule has 0 saturated carbocycles. The average molecular weight is 226 g/mol. The SMILES string of the molecule is COc1cc2sc(=O)oc2cc1C(C)O. The Morgan fingerprint density at radius 1 is 1.53 bits per heavy atom. The van der Waals surface area contributed by atoms with E-state index < -0.39 is 6.10 Å². The zero-order valence-corrected chi connectivity index (χ0v) is 9.13. The van der Waals surface area contributed by atoms with Crippen molar-refractivity contribution < 1.29 is 14.3 Å². The third-order valence-electron chi connectivity index (χ3n) is 2.13. The number of ether oxygens (including phenoxy) is 1. The van der Waals surface area contributed by atoms with Gasteiger partial charge < -0.3 is 14.3 Å². The number of benzene rings is 1. The predicted molar refractivity (Wildman–Crippen MR) is 57.5 cm³/mol. The van der Waals surface area contributed by atoms with Gasteiger partial charge >= 0.3 is 4.94 Å². The van der Waals surface area contributed by atoms with E-state index in [1.165, 1.54) is 7.11 Å². The second-order valence-electron chi connectivity index (χ2n) is 3.17. The Kier molecular flexibility index (Phi) is 2.50. The highest BCUT2D eigenvalue weighted by Crippen LogP contribution is 2.31. The fourth-order valence-electron chi connectivity index (χ4n) is 1.42. The molecule has 0 aliphatic carbocycles. The van der Waals surface area contributed by atoms with Gasteiger partial charge in [-0.15, -0.1) is 0 Å². The molecule has 4 nitrogen and oxygen atoms in total. The normalized spacial score (nSPS) is 13.0. The number of hydrogen-bond acceptors (Lipinski definition) is 5. The number of methoxy groups -OCH3 is 1. The Bertz CT molecular complexity index is 538. The van der Waals surface area contributed by atoms with Gasteiger partial charge in [-0.1, -0.05) is 11.3 Å². The van der Waals surface area contributed by atoms with Gasteiger partial charge in [-0.05, 0) is 13.0 Å². The minimum absolute atomic E-state index is 0.352. The molecule has 1 aromatic carbocycles. The van der Waals surface area contributed by atoms with Crippen LogP contribution in [-0.2, 0) is 0 Å². The van der Waals surface area contributed by atoms with Crippen LogP contribution in [-0.4, -0.2) is 12.2 Å². The summed E-state index contributed by atoms with van der Waals surface area (Å²) in [6.45, 7) is 1.63. The largest absolute Gasteiger partial charge is 0.496 e. The smallest absolute Gasteiger partial charge is 0.396 e. The van der Waals surface area contributed by atoms with E-state index in [0.717, 1.165) is 16.0 Å². The third kappa shape index (κ3) is 1.75. The lowest BCUT2D eigenvalue weighted by Crippen LogP contribution is -1.95. The molecule has 80 valence electrons. The molecule has 1 unspecified atom stereocenters. The molecule has 5 heteroatoms. The van der Waals surface area contributed by atoms with Crippen LogP contribution in [0.2, 0.25) is 0 Å². The highest BCUT2D eigenvalue weighted by atomic mass is 32.1. The van der Waals surface area contributed by atoms with Crippen LogP contribution in [0.3, 0.4) is 0 Å². The molecule has 0 spiro atoms. The molecule has 0 aliphatic rings. The molecule has 1 heterocycles. The molecule has 0 aliphatic heterocycles. The van der Waals surface area contributed by atoms with Gasteiger partial charge in [0.25, 0.3) is 0 Å². The van der Waals surface area contributed by atoms with Crippen LogP contribution in [0.25, 0.3) is 10.3 Å². The molecule has 1 atom stereocenters. The summed E-state index contributed by atoms with van der Waals surface area (Å²) < 4.78 is 10.8. The van der Waals surface area contributed by atoms with E-state index in [1.54, 1.807) is 19.1 Å². The minimum Gasteiger partial charge on any atom is -0.496 e. The topological polar surface area (TPSA) is 59.7 Å². The zero-order valence-electron chi connectivity index (χ0n) is 8.31. The summed E-state index contributed by atoms with van der Waals surface area (Å²) in [5.74, 6) is 0.564. The lowest BCUT2D eigenvalue weighted by atomic mass is 10.1. The van der Waals surface area contributed by atoms with Crippen LogP contribution >= 0.6 is 11.3 Å². The fourth-order valence-corrected chi connectivity index (χ4v) is 2.10. The molecular weight excluding hydrogens is 216 g/mol. The standard InChI is InChI=1S/C10H10O4S/c1-5(11)6-3-8-9(4-7(6)13-2)15-10(12)14-8/h3-5,11H,1-2H3. The van der Waals surface area contributed by atoms with E-state index in [1.807, 2.05) is 0 Å². The van der Waals surface area contributed by atoms with E-state index in [2.05, 4.69) is 0 Å². The van der Waals surface area contributed by atoms with Crippen molar-refractivity contribution >= 4 is 21.6 Å². The summed E-state index contributed by atoms with van der Waals surface area (Å²) >= 11 is 1.02. The van der Waals surface area contributed by atoms with Crippen molar-refractivity contribution in [2.75, 3.05) is 7.11 Å². The predicted octanol–water partition coefficient (Wildman–Crippen LogP) is 1.92. The second kappa shape index (κ2) is 3.67. The van der Waals surface area contributed by atoms with Crippen molar-refractivity contribution in [2.24, 2.45) is 0 Å². The van der Waals surface area contributed by atoms with Crippen LogP contribution in [0, 0.1) is 0 Å². The van der Waals surface area contributed by atoms with Crippen LogP contribution in [0.5, 0.6) is 5.75 Å². The average Bonchev–Trinajstić information content (AvgIpc) is 2.54. The maximum absolute atomic E-state index is 11.0. The summed E-state index contributed by atoms with van der Waals surface area (Å²) in [5, 5.41) is 9.51. The Balaban J connectivity index is 2.73. The maximum Gasteiger partial charge on any atom is 0.396 e. The van der Waals surface area contributed by atoms with E-state index >= 15 is 0 Å². The molecule has 1 N–H and O–H groups in total. The Morgan fingerprint density at radius 2 is 2.27 bits per heavy atom. The van der Waals surface area contributed by atoms with Crippen molar-refractivity contribution in [1.82, 2.24) is 0 Å². The molecule has 15 heavy (non-hydrogen) atoms. The van der Waals surface area contributed by atoms with Crippen molar-refractivity contribution in [3.63, 3.8) is 0 Å². The van der Waals surface area contributed by atoms with E-state index in [9.17, 15) is 9.90 Å². The van der Waals surface area contributed by atoms with E-state index in [0.29, 0.717) is 16.9 Å². The maximum atomic E-state index is 11.0.